The van der Waals surface area contributed by atoms with Gasteiger partial charge in [0.25, 0.3) is 0 Å². The summed E-state index contributed by atoms with van der Waals surface area (Å²) >= 11 is 1.48. The summed E-state index contributed by atoms with van der Waals surface area (Å²) in [7, 11) is 3.85. The molecular weight excluding hydrogens is 317 g/mol. The molecule has 1 unspecified atom stereocenters. The predicted octanol–water partition coefficient (Wildman–Crippen LogP) is 2.72. The highest BCUT2D eigenvalue weighted by Gasteiger charge is 2.33. The monoisotopic (exact) mass is 334 g/mol. The number of benzene rings is 1. The van der Waals surface area contributed by atoms with Crippen molar-refractivity contribution in [2.45, 2.75) is 11.7 Å². The van der Waals surface area contributed by atoms with E-state index in [0.717, 1.165) is 12.1 Å². The Morgan fingerprint density at radius 2 is 1.95 bits per heavy atom. The molecule has 22 heavy (non-hydrogen) atoms. The lowest BCUT2D eigenvalue weighted by Crippen LogP contribution is -2.34. The third-order valence-electron chi connectivity index (χ3n) is 3.16. The molecule has 0 N–H and O–H groups in total. The van der Waals surface area contributed by atoms with E-state index in [0.29, 0.717) is 12.3 Å². The van der Waals surface area contributed by atoms with Gasteiger partial charge in [0.1, 0.15) is 11.1 Å². The van der Waals surface area contributed by atoms with Gasteiger partial charge in [0.05, 0.1) is 5.75 Å². The van der Waals surface area contributed by atoms with Gasteiger partial charge in [-0.15, -0.1) is 24.9 Å². The zero-order valence-electron chi connectivity index (χ0n) is 12.3. The fourth-order valence-corrected chi connectivity index (χ4v) is 3.33. The summed E-state index contributed by atoms with van der Waals surface area (Å²) in [4.78, 5) is 15.7. The van der Waals surface area contributed by atoms with Crippen molar-refractivity contribution in [3.63, 3.8) is 0 Å². The molecule has 1 saturated heterocycles. The van der Waals surface area contributed by atoms with Gasteiger partial charge in [-0.1, -0.05) is 12.1 Å². The molecule has 0 bridgehead atoms. The summed E-state index contributed by atoms with van der Waals surface area (Å²) in [6.07, 6.45) is -4.70. The largest absolute Gasteiger partial charge is 0.573 e. The van der Waals surface area contributed by atoms with E-state index in [9.17, 15) is 18.0 Å². The molecule has 1 heterocycles. The fourth-order valence-electron chi connectivity index (χ4n) is 2.11. The first kappa shape index (κ1) is 17.0. The van der Waals surface area contributed by atoms with Crippen molar-refractivity contribution in [3.05, 3.63) is 29.8 Å². The third kappa shape index (κ3) is 4.54. The number of likely N-dealkylation sites (N-methyl/N-ethyl adjacent to an activating group) is 1. The van der Waals surface area contributed by atoms with Gasteiger partial charge in [-0.25, -0.2) is 0 Å². The summed E-state index contributed by atoms with van der Waals surface area (Å²) in [5.41, 5.74) is 0.795. The number of hydrogen-bond donors (Lipinski definition) is 0. The molecule has 1 aliphatic rings. The Kier molecular flexibility index (Phi) is 5.23. The molecule has 4 nitrogen and oxygen atoms in total. The van der Waals surface area contributed by atoms with Gasteiger partial charge in [-0.3, -0.25) is 4.79 Å². The highest BCUT2D eigenvalue weighted by Crippen LogP contribution is 2.39. The number of thioether (sulfide) groups is 1. The molecule has 0 spiro atoms. The maximum Gasteiger partial charge on any atom is 0.573 e. The van der Waals surface area contributed by atoms with Crippen LogP contribution in [0.5, 0.6) is 5.75 Å². The number of alkyl halides is 3. The van der Waals surface area contributed by atoms with Crippen LogP contribution < -0.4 is 4.74 Å². The van der Waals surface area contributed by atoms with Crippen LogP contribution in [-0.2, 0) is 4.79 Å². The van der Waals surface area contributed by atoms with Crippen LogP contribution in [0.3, 0.4) is 0 Å². The van der Waals surface area contributed by atoms with E-state index in [-0.39, 0.29) is 17.0 Å². The first-order valence-corrected chi connectivity index (χ1v) is 7.72. The summed E-state index contributed by atoms with van der Waals surface area (Å²) in [6.45, 7) is 1.32. The standard InChI is InChI=1S/C14H17F3N2O2S/c1-18(2)7-8-19-12(20)9-22-13(19)10-3-5-11(6-4-10)21-14(15,16)17/h3-6,13H,7-9H2,1-2H3. The number of hydrogen-bond acceptors (Lipinski definition) is 4. The molecule has 1 aromatic rings. The number of carbonyl (C=O) groups is 1. The first-order valence-electron chi connectivity index (χ1n) is 6.68. The summed E-state index contributed by atoms with van der Waals surface area (Å²) in [5.74, 6) is 0.178. The number of rotatable bonds is 5. The molecule has 122 valence electrons. The quantitative estimate of drug-likeness (QED) is 0.829. The van der Waals surface area contributed by atoms with Crippen LogP contribution in [-0.4, -0.2) is 55.0 Å². The Morgan fingerprint density at radius 3 is 2.50 bits per heavy atom. The van der Waals surface area contributed by atoms with E-state index >= 15 is 0 Å². The van der Waals surface area contributed by atoms with Gasteiger partial charge in [-0.2, -0.15) is 0 Å². The smallest absolute Gasteiger partial charge is 0.406 e. The maximum atomic E-state index is 12.1. The molecule has 0 saturated carbocycles. The van der Waals surface area contributed by atoms with E-state index in [4.69, 9.17) is 0 Å². The molecule has 8 heteroatoms. The average Bonchev–Trinajstić information content (AvgIpc) is 2.77. The van der Waals surface area contributed by atoms with Gasteiger partial charge in [0.2, 0.25) is 5.91 Å². The van der Waals surface area contributed by atoms with Crippen molar-refractivity contribution < 1.29 is 22.7 Å². The minimum absolute atomic E-state index is 0.0486. The van der Waals surface area contributed by atoms with Crippen molar-refractivity contribution in [2.24, 2.45) is 0 Å². The first-order chi connectivity index (χ1) is 10.3. The predicted molar refractivity (Wildman–Crippen MR) is 78.6 cm³/mol. The fraction of sp³-hybridized carbons (Fsp3) is 0.500. The Hall–Kier alpha value is -1.41. The number of nitrogens with zero attached hydrogens (tertiary/aromatic N) is 2. The average molecular weight is 334 g/mol. The van der Waals surface area contributed by atoms with Gasteiger partial charge >= 0.3 is 6.36 Å². The lowest BCUT2D eigenvalue weighted by atomic mass is 10.2. The third-order valence-corrected chi connectivity index (χ3v) is 4.41. The van der Waals surface area contributed by atoms with Gasteiger partial charge < -0.3 is 14.5 Å². The van der Waals surface area contributed by atoms with Crippen LogP contribution in [0, 0.1) is 0 Å². The number of ether oxygens (including phenoxy) is 1. The Morgan fingerprint density at radius 1 is 1.32 bits per heavy atom. The minimum Gasteiger partial charge on any atom is -0.406 e. The van der Waals surface area contributed by atoms with Crippen LogP contribution in [0.15, 0.2) is 24.3 Å². The molecule has 0 aliphatic carbocycles. The second kappa shape index (κ2) is 6.78. The van der Waals surface area contributed by atoms with Crippen molar-refractivity contribution in [1.29, 1.82) is 0 Å². The van der Waals surface area contributed by atoms with E-state index in [1.54, 1.807) is 17.0 Å². The SMILES string of the molecule is CN(C)CCN1C(=O)CSC1c1ccc(OC(F)(F)F)cc1. The maximum absolute atomic E-state index is 12.1. The Labute approximate surface area is 131 Å². The normalized spacial score (nSPS) is 19.1. The van der Waals surface area contributed by atoms with E-state index in [1.807, 2.05) is 19.0 Å². The highest BCUT2D eigenvalue weighted by molar-refractivity contribution is 8.00. The molecule has 1 aromatic carbocycles. The molecular formula is C14H17F3N2O2S. The van der Waals surface area contributed by atoms with Gasteiger partial charge in [-0.05, 0) is 31.8 Å². The zero-order valence-corrected chi connectivity index (χ0v) is 13.1. The van der Waals surface area contributed by atoms with E-state index in [1.165, 1.54) is 23.9 Å². The highest BCUT2D eigenvalue weighted by atomic mass is 32.2. The Bertz CT molecular complexity index is 520. The summed E-state index contributed by atoms with van der Waals surface area (Å²) < 4.78 is 40.3. The van der Waals surface area contributed by atoms with Crippen LogP contribution >= 0.6 is 11.8 Å². The van der Waals surface area contributed by atoms with Crippen LogP contribution in [0.2, 0.25) is 0 Å². The summed E-state index contributed by atoms with van der Waals surface area (Å²) in [6, 6.07) is 5.69. The minimum atomic E-state index is -4.70. The zero-order chi connectivity index (χ0) is 16.3. The number of carbonyl (C=O) groups excluding carboxylic acids is 1. The number of amides is 1. The van der Waals surface area contributed by atoms with E-state index < -0.39 is 6.36 Å². The van der Waals surface area contributed by atoms with Crippen LogP contribution in [0.25, 0.3) is 0 Å². The van der Waals surface area contributed by atoms with Crippen molar-refractivity contribution in [3.8, 4) is 5.75 Å². The molecule has 1 aliphatic heterocycles. The second-order valence-corrected chi connectivity index (χ2v) is 6.24. The lowest BCUT2D eigenvalue weighted by molar-refractivity contribution is -0.274. The Balaban J connectivity index is 2.07. The van der Waals surface area contributed by atoms with Gasteiger partial charge in [0.15, 0.2) is 0 Å². The summed E-state index contributed by atoms with van der Waals surface area (Å²) in [5, 5.41) is -0.160. The molecule has 1 atom stereocenters. The van der Waals surface area contributed by atoms with Crippen molar-refractivity contribution >= 4 is 17.7 Å². The molecule has 0 radical (unpaired) electrons. The topological polar surface area (TPSA) is 32.8 Å². The molecule has 1 fully saturated rings. The second-order valence-electron chi connectivity index (χ2n) is 5.17. The van der Waals surface area contributed by atoms with Gasteiger partial charge in [0, 0.05) is 13.1 Å². The van der Waals surface area contributed by atoms with Crippen LogP contribution in [0.1, 0.15) is 10.9 Å². The van der Waals surface area contributed by atoms with Crippen molar-refractivity contribution in [2.75, 3.05) is 32.9 Å². The number of halogens is 3. The molecule has 2 rings (SSSR count). The molecule has 0 aromatic heterocycles. The van der Waals surface area contributed by atoms with E-state index in [2.05, 4.69) is 4.74 Å². The van der Waals surface area contributed by atoms with Crippen LogP contribution in [0.4, 0.5) is 13.2 Å². The lowest BCUT2D eigenvalue weighted by Gasteiger charge is -2.25. The molecule has 1 amide bonds. The van der Waals surface area contributed by atoms with Crippen molar-refractivity contribution in [1.82, 2.24) is 9.80 Å².